The number of nitrogen functional groups attached to an aromatic ring is 1. The first-order chi connectivity index (χ1) is 11.1. The van der Waals surface area contributed by atoms with Crippen molar-refractivity contribution < 1.29 is 4.79 Å². The Labute approximate surface area is 173 Å². The lowest BCUT2D eigenvalue weighted by Gasteiger charge is -2.34. The number of amides is 1. The van der Waals surface area contributed by atoms with Crippen molar-refractivity contribution in [1.82, 2.24) is 14.8 Å². The molecule has 0 spiro atoms. The molecule has 1 fully saturated rings. The van der Waals surface area contributed by atoms with Crippen LogP contribution in [0.2, 0.25) is 0 Å². The van der Waals surface area contributed by atoms with E-state index in [0.29, 0.717) is 11.3 Å². The van der Waals surface area contributed by atoms with Gasteiger partial charge in [-0.1, -0.05) is 12.1 Å². The Morgan fingerprint density at radius 1 is 1.08 bits per heavy atom. The van der Waals surface area contributed by atoms with Gasteiger partial charge in [-0.05, 0) is 36.8 Å². The van der Waals surface area contributed by atoms with Crippen LogP contribution in [0, 0.1) is 6.92 Å². The van der Waals surface area contributed by atoms with Gasteiger partial charge in [0, 0.05) is 50.2 Å². The molecule has 1 aromatic carbocycles. The summed E-state index contributed by atoms with van der Waals surface area (Å²) in [6.07, 6.45) is 1.82. The van der Waals surface area contributed by atoms with Crippen molar-refractivity contribution >= 4 is 48.8 Å². The van der Waals surface area contributed by atoms with Gasteiger partial charge in [-0.15, -0.1) is 37.2 Å². The van der Waals surface area contributed by atoms with Gasteiger partial charge in [-0.3, -0.25) is 14.7 Å². The van der Waals surface area contributed by atoms with Crippen molar-refractivity contribution in [3.8, 4) is 0 Å². The minimum atomic E-state index is 0. The van der Waals surface area contributed by atoms with Gasteiger partial charge in [0.25, 0.3) is 5.91 Å². The average molecular weight is 420 g/mol. The summed E-state index contributed by atoms with van der Waals surface area (Å²) in [7, 11) is 0. The molecule has 3 rings (SSSR count). The van der Waals surface area contributed by atoms with Crippen molar-refractivity contribution in [1.29, 1.82) is 0 Å². The summed E-state index contributed by atoms with van der Waals surface area (Å²) >= 11 is 0. The Bertz CT molecular complexity index is 692. The van der Waals surface area contributed by atoms with Crippen LogP contribution in [-0.4, -0.2) is 46.9 Å². The van der Waals surface area contributed by atoms with E-state index in [9.17, 15) is 4.79 Å². The first-order valence-electron chi connectivity index (χ1n) is 7.91. The molecule has 144 valence electrons. The lowest BCUT2D eigenvalue weighted by Crippen LogP contribution is -2.48. The summed E-state index contributed by atoms with van der Waals surface area (Å²) in [6.45, 7) is 5.98. The van der Waals surface area contributed by atoms with Crippen LogP contribution in [-0.2, 0) is 6.54 Å². The third kappa shape index (κ3) is 6.02. The highest BCUT2D eigenvalue weighted by Crippen LogP contribution is 2.16. The Kier molecular flexibility index (Phi) is 10.6. The molecule has 0 saturated carbocycles. The summed E-state index contributed by atoms with van der Waals surface area (Å²) in [5.41, 5.74) is 9.20. The number of halogens is 3. The zero-order chi connectivity index (χ0) is 16.2. The van der Waals surface area contributed by atoms with Crippen molar-refractivity contribution in [2.45, 2.75) is 13.5 Å². The van der Waals surface area contributed by atoms with E-state index < -0.39 is 0 Å². The van der Waals surface area contributed by atoms with Gasteiger partial charge in [0.1, 0.15) is 0 Å². The van der Waals surface area contributed by atoms with Gasteiger partial charge in [-0.2, -0.15) is 0 Å². The molecule has 1 amide bonds. The number of hydrogen-bond acceptors (Lipinski definition) is 4. The molecule has 0 radical (unpaired) electrons. The molecule has 5 nitrogen and oxygen atoms in total. The first kappa shape index (κ1) is 24.5. The number of aryl methyl sites for hydroxylation is 1. The maximum atomic E-state index is 12.7. The molecule has 0 bridgehead atoms. The molecule has 2 aromatic rings. The molecule has 1 aliphatic rings. The van der Waals surface area contributed by atoms with E-state index in [4.69, 9.17) is 5.73 Å². The topological polar surface area (TPSA) is 62.5 Å². The second-order valence-corrected chi connectivity index (χ2v) is 5.96. The summed E-state index contributed by atoms with van der Waals surface area (Å²) in [5.74, 6) is 0.0762. The van der Waals surface area contributed by atoms with Crippen LogP contribution in [0.25, 0.3) is 0 Å². The summed E-state index contributed by atoms with van der Waals surface area (Å²) < 4.78 is 0. The Morgan fingerprint density at radius 3 is 2.38 bits per heavy atom. The molecule has 8 heteroatoms. The predicted octanol–water partition coefficient (Wildman–Crippen LogP) is 3.20. The number of carbonyl (C=O) groups excluding carboxylic acids is 1. The number of pyridine rings is 1. The second-order valence-electron chi connectivity index (χ2n) is 5.96. The van der Waals surface area contributed by atoms with Gasteiger partial charge < -0.3 is 10.6 Å². The number of aromatic nitrogens is 1. The number of rotatable bonds is 3. The maximum absolute atomic E-state index is 12.7. The fourth-order valence-electron chi connectivity index (χ4n) is 2.87. The number of hydrogen-bond donors (Lipinski definition) is 1. The molecule has 0 aliphatic carbocycles. The molecule has 0 atom stereocenters. The lowest BCUT2D eigenvalue weighted by atomic mass is 10.1. The predicted molar refractivity (Wildman–Crippen MR) is 113 cm³/mol. The summed E-state index contributed by atoms with van der Waals surface area (Å²) in [6, 6.07) is 11.5. The lowest BCUT2D eigenvalue weighted by molar-refractivity contribution is 0.0626. The Morgan fingerprint density at radius 2 is 1.77 bits per heavy atom. The third-order valence-corrected chi connectivity index (χ3v) is 4.26. The zero-order valence-electron chi connectivity index (χ0n) is 14.6. The third-order valence-electron chi connectivity index (χ3n) is 4.26. The van der Waals surface area contributed by atoms with Crippen LogP contribution in [0.3, 0.4) is 0 Å². The van der Waals surface area contributed by atoms with Crippen molar-refractivity contribution in [2.24, 2.45) is 0 Å². The van der Waals surface area contributed by atoms with E-state index in [1.54, 1.807) is 6.07 Å². The highest BCUT2D eigenvalue weighted by atomic mass is 35.5. The number of anilines is 1. The van der Waals surface area contributed by atoms with Gasteiger partial charge in [-0.25, -0.2) is 0 Å². The van der Waals surface area contributed by atoms with Crippen LogP contribution in [0.5, 0.6) is 0 Å². The largest absolute Gasteiger partial charge is 0.399 e. The number of piperazine rings is 1. The van der Waals surface area contributed by atoms with E-state index in [1.165, 1.54) is 0 Å². The van der Waals surface area contributed by atoms with E-state index in [2.05, 4.69) is 9.88 Å². The quantitative estimate of drug-likeness (QED) is 0.776. The fraction of sp³-hybridized carbons (Fsp3) is 0.333. The van der Waals surface area contributed by atoms with E-state index in [0.717, 1.165) is 44.0 Å². The van der Waals surface area contributed by atoms with Crippen LogP contribution in [0.15, 0.2) is 42.6 Å². The summed E-state index contributed by atoms with van der Waals surface area (Å²) in [4.78, 5) is 21.3. The van der Waals surface area contributed by atoms with Gasteiger partial charge >= 0.3 is 0 Å². The minimum absolute atomic E-state index is 0. The molecular weight excluding hydrogens is 395 g/mol. The number of carbonyl (C=O) groups is 1. The Balaban J connectivity index is 0.00000208. The zero-order valence-corrected chi connectivity index (χ0v) is 17.1. The highest BCUT2D eigenvalue weighted by molar-refractivity contribution is 5.96. The van der Waals surface area contributed by atoms with Gasteiger partial charge in [0.05, 0.1) is 5.69 Å². The highest BCUT2D eigenvalue weighted by Gasteiger charge is 2.23. The number of nitrogens with two attached hydrogens (primary N) is 1. The van der Waals surface area contributed by atoms with E-state index in [-0.39, 0.29) is 43.1 Å². The van der Waals surface area contributed by atoms with Gasteiger partial charge in [0.2, 0.25) is 0 Å². The van der Waals surface area contributed by atoms with Crippen LogP contribution in [0.4, 0.5) is 5.69 Å². The summed E-state index contributed by atoms with van der Waals surface area (Å²) in [5, 5.41) is 0. The van der Waals surface area contributed by atoms with Gasteiger partial charge in [0.15, 0.2) is 0 Å². The molecule has 2 heterocycles. The van der Waals surface area contributed by atoms with Crippen molar-refractivity contribution in [3.63, 3.8) is 0 Å². The van der Waals surface area contributed by atoms with Crippen molar-refractivity contribution in [2.75, 3.05) is 31.9 Å². The van der Waals surface area contributed by atoms with E-state index in [1.807, 2.05) is 48.4 Å². The second kappa shape index (κ2) is 11.2. The van der Waals surface area contributed by atoms with Crippen LogP contribution >= 0.6 is 37.2 Å². The normalized spacial score (nSPS) is 13.8. The average Bonchev–Trinajstić information content (AvgIpc) is 2.58. The Hall–Kier alpha value is -1.53. The van der Waals surface area contributed by atoms with Crippen LogP contribution < -0.4 is 5.73 Å². The minimum Gasteiger partial charge on any atom is -0.399 e. The number of nitrogens with zero attached hydrogens (tertiary/aromatic N) is 3. The fourth-order valence-corrected chi connectivity index (χ4v) is 2.87. The molecule has 1 saturated heterocycles. The molecular formula is C18H25Cl3N4O. The molecule has 0 unspecified atom stereocenters. The standard InChI is InChI=1S/C18H22N4O.3ClH/c1-14-5-6-15(19)12-17(14)18(23)22-10-8-21(9-11-22)13-16-4-2-3-7-20-16;;;/h2-7,12H,8-11,13,19H2,1H3;3*1H. The monoisotopic (exact) mass is 418 g/mol. The molecule has 26 heavy (non-hydrogen) atoms. The van der Waals surface area contributed by atoms with Crippen molar-refractivity contribution in [3.05, 3.63) is 59.4 Å². The smallest absolute Gasteiger partial charge is 0.254 e. The van der Waals surface area contributed by atoms with Crippen LogP contribution in [0.1, 0.15) is 21.6 Å². The van der Waals surface area contributed by atoms with E-state index >= 15 is 0 Å². The number of benzene rings is 1. The maximum Gasteiger partial charge on any atom is 0.254 e. The molecule has 1 aliphatic heterocycles. The first-order valence-corrected chi connectivity index (χ1v) is 7.91. The molecule has 2 N–H and O–H groups in total. The SMILES string of the molecule is Cc1ccc(N)cc1C(=O)N1CCN(Cc2ccccn2)CC1.Cl.Cl.Cl. The molecule has 1 aromatic heterocycles.